The molecule has 1 aromatic heterocycles. The molecule has 0 aliphatic rings. The zero-order chi connectivity index (χ0) is 14.5. The molecule has 2 rings (SSSR count). The van der Waals surface area contributed by atoms with Crippen LogP contribution in [0.3, 0.4) is 0 Å². The van der Waals surface area contributed by atoms with E-state index in [1.165, 1.54) is 12.1 Å². The Labute approximate surface area is 122 Å². The molecule has 108 valence electrons. The van der Waals surface area contributed by atoms with Gasteiger partial charge in [0.15, 0.2) is 0 Å². The Balaban J connectivity index is 2.22. The minimum Gasteiger partial charge on any atom is -0.385 e. The quantitative estimate of drug-likeness (QED) is 0.830. The first-order valence-electron chi connectivity index (χ1n) is 6.36. The lowest BCUT2D eigenvalue weighted by Crippen LogP contribution is -2.09. The molecule has 0 bridgehead atoms. The van der Waals surface area contributed by atoms with E-state index in [2.05, 4.69) is 10.3 Å². The number of anilines is 1. The monoisotopic (exact) mass is 297 g/mol. The van der Waals surface area contributed by atoms with Crippen molar-refractivity contribution in [2.24, 2.45) is 0 Å². The lowest BCUT2D eigenvalue weighted by Gasteiger charge is -2.11. The van der Waals surface area contributed by atoms with Gasteiger partial charge in [-0.1, -0.05) is 11.6 Å². The Bertz CT molecular complexity index is 586. The lowest BCUT2D eigenvalue weighted by atomic mass is 10.3. The standard InChI is InChI=1S/C14H17ClFN3O/c1-10-9-19(13-5-4-11(16)8-12(13)15)14(18-10)17-6-3-7-20-2/h4-5,8-9H,3,6-7H2,1-2H3,(H,17,18). The molecule has 0 unspecified atom stereocenters. The third kappa shape index (κ3) is 3.49. The molecule has 0 radical (unpaired) electrons. The van der Waals surface area contributed by atoms with E-state index >= 15 is 0 Å². The van der Waals surface area contributed by atoms with Crippen molar-refractivity contribution < 1.29 is 9.13 Å². The van der Waals surface area contributed by atoms with Gasteiger partial charge in [0.2, 0.25) is 5.95 Å². The van der Waals surface area contributed by atoms with E-state index in [4.69, 9.17) is 16.3 Å². The summed E-state index contributed by atoms with van der Waals surface area (Å²) >= 11 is 6.09. The Morgan fingerprint density at radius 2 is 2.25 bits per heavy atom. The summed E-state index contributed by atoms with van der Waals surface area (Å²) in [7, 11) is 1.67. The zero-order valence-corrected chi connectivity index (χ0v) is 12.2. The van der Waals surface area contributed by atoms with Gasteiger partial charge in [-0.15, -0.1) is 0 Å². The number of rotatable bonds is 6. The highest BCUT2D eigenvalue weighted by Crippen LogP contribution is 2.25. The van der Waals surface area contributed by atoms with Crippen LogP contribution in [0.2, 0.25) is 5.02 Å². The number of hydrogen-bond acceptors (Lipinski definition) is 3. The van der Waals surface area contributed by atoms with Gasteiger partial charge in [0, 0.05) is 26.5 Å². The summed E-state index contributed by atoms with van der Waals surface area (Å²) in [5.74, 6) is 0.331. The fourth-order valence-electron chi connectivity index (χ4n) is 1.90. The maximum absolute atomic E-state index is 13.1. The summed E-state index contributed by atoms with van der Waals surface area (Å²) in [6.07, 6.45) is 2.73. The fourth-order valence-corrected chi connectivity index (χ4v) is 2.16. The maximum Gasteiger partial charge on any atom is 0.207 e. The highest BCUT2D eigenvalue weighted by molar-refractivity contribution is 6.32. The summed E-state index contributed by atoms with van der Waals surface area (Å²) in [6.45, 7) is 3.32. The van der Waals surface area contributed by atoms with Gasteiger partial charge < -0.3 is 10.1 Å². The first-order chi connectivity index (χ1) is 9.61. The molecule has 1 aromatic carbocycles. The highest BCUT2D eigenvalue weighted by atomic mass is 35.5. The number of ether oxygens (including phenoxy) is 1. The fraction of sp³-hybridized carbons (Fsp3) is 0.357. The largest absolute Gasteiger partial charge is 0.385 e. The Morgan fingerprint density at radius 1 is 1.45 bits per heavy atom. The van der Waals surface area contributed by atoms with Crippen molar-refractivity contribution in [2.75, 3.05) is 25.6 Å². The Hall–Kier alpha value is -1.59. The number of methoxy groups -OCH3 is 1. The van der Waals surface area contributed by atoms with Crippen LogP contribution in [0.1, 0.15) is 12.1 Å². The van der Waals surface area contributed by atoms with Crippen LogP contribution >= 0.6 is 11.6 Å². The van der Waals surface area contributed by atoms with Crippen molar-refractivity contribution in [1.29, 1.82) is 0 Å². The van der Waals surface area contributed by atoms with E-state index < -0.39 is 0 Å². The average molecular weight is 298 g/mol. The zero-order valence-electron chi connectivity index (χ0n) is 11.5. The predicted molar refractivity (Wildman–Crippen MR) is 78.3 cm³/mol. The second-order valence-corrected chi connectivity index (χ2v) is 4.85. The highest BCUT2D eigenvalue weighted by Gasteiger charge is 2.10. The van der Waals surface area contributed by atoms with Crippen LogP contribution in [0.5, 0.6) is 0 Å². The molecule has 0 saturated heterocycles. The van der Waals surface area contributed by atoms with E-state index in [-0.39, 0.29) is 5.82 Å². The first kappa shape index (κ1) is 14.8. The second kappa shape index (κ2) is 6.72. The van der Waals surface area contributed by atoms with Gasteiger partial charge in [-0.05, 0) is 31.5 Å². The molecular formula is C14H17ClFN3O. The molecule has 0 aliphatic heterocycles. The van der Waals surface area contributed by atoms with Crippen molar-refractivity contribution >= 4 is 17.5 Å². The van der Waals surface area contributed by atoms with Gasteiger partial charge >= 0.3 is 0 Å². The molecule has 0 atom stereocenters. The Morgan fingerprint density at radius 3 is 2.95 bits per heavy atom. The SMILES string of the molecule is COCCCNc1nc(C)cn1-c1ccc(F)cc1Cl. The van der Waals surface area contributed by atoms with E-state index in [0.29, 0.717) is 23.3 Å². The molecule has 0 fully saturated rings. The third-order valence-corrected chi connectivity index (χ3v) is 3.11. The van der Waals surface area contributed by atoms with Gasteiger partial charge in [-0.2, -0.15) is 0 Å². The molecule has 0 saturated carbocycles. The summed E-state index contributed by atoms with van der Waals surface area (Å²) in [4.78, 5) is 4.41. The second-order valence-electron chi connectivity index (χ2n) is 4.44. The number of hydrogen-bond donors (Lipinski definition) is 1. The molecular weight excluding hydrogens is 281 g/mol. The van der Waals surface area contributed by atoms with Gasteiger partial charge in [-0.3, -0.25) is 4.57 Å². The van der Waals surface area contributed by atoms with Crippen LogP contribution in [0.25, 0.3) is 5.69 Å². The normalized spacial score (nSPS) is 10.8. The summed E-state index contributed by atoms with van der Waals surface area (Å²) in [5, 5.41) is 3.58. The minimum atomic E-state index is -0.356. The summed E-state index contributed by atoms with van der Waals surface area (Å²) in [5.41, 5.74) is 1.56. The van der Waals surface area contributed by atoms with Crippen molar-refractivity contribution in [3.8, 4) is 5.69 Å². The van der Waals surface area contributed by atoms with Gasteiger partial charge in [0.05, 0.1) is 16.4 Å². The van der Waals surface area contributed by atoms with E-state index in [0.717, 1.165) is 18.7 Å². The van der Waals surface area contributed by atoms with Crippen molar-refractivity contribution in [3.05, 3.63) is 40.9 Å². The number of benzene rings is 1. The van der Waals surface area contributed by atoms with Crippen LogP contribution in [-0.2, 0) is 4.74 Å². The number of halogens is 2. The molecule has 1 N–H and O–H groups in total. The van der Waals surface area contributed by atoms with Gasteiger partial charge in [-0.25, -0.2) is 9.37 Å². The van der Waals surface area contributed by atoms with Crippen LogP contribution in [0.4, 0.5) is 10.3 Å². The number of imidazole rings is 1. The van der Waals surface area contributed by atoms with Crippen LogP contribution in [-0.4, -0.2) is 29.8 Å². The van der Waals surface area contributed by atoms with Crippen LogP contribution in [0, 0.1) is 12.7 Å². The molecule has 1 heterocycles. The Kier molecular flexibility index (Phi) is 4.98. The average Bonchev–Trinajstić information content (AvgIpc) is 2.76. The van der Waals surface area contributed by atoms with Crippen LogP contribution < -0.4 is 5.32 Å². The minimum absolute atomic E-state index is 0.349. The van der Waals surface area contributed by atoms with Crippen molar-refractivity contribution in [3.63, 3.8) is 0 Å². The lowest BCUT2D eigenvalue weighted by molar-refractivity contribution is 0.197. The van der Waals surface area contributed by atoms with Gasteiger partial charge in [0.25, 0.3) is 0 Å². The number of aryl methyl sites for hydroxylation is 1. The molecule has 6 heteroatoms. The number of aromatic nitrogens is 2. The van der Waals surface area contributed by atoms with E-state index in [1.807, 2.05) is 17.7 Å². The first-order valence-corrected chi connectivity index (χ1v) is 6.74. The number of nitrogens with one attached hydrogen (secondary N) is 1. The van der Waals surface area contributed by atoms with Crippen LogP contribution in [0.15, 0.2) is 24.4 Å². The van der Waals surface area contributed by atoms with Crippen molar-refractivity contribution in [2.45, 2.75) is 13.3 Å². The molecule has 0 spiro atoms. The van der Waals surface area contributed by atoms with E-state index in [1.54, 1.807) is 13.2 Å². The summed E-state index contributed by atoms with van der Waals surface area (Å²) in [6, 6.07) is 4.31. The molecule has 0 aliphatic carbocycles. The van der Waals surface area contributed by atoms with Crippen molar-refractivity contribution in [1.82, 2.24) is 9.55 Å². The smallest absolute Gasteiger partial charge is 0.207 e. The van der Waals surface area contributed by atoms with E-state index in [9.17, 15) is 4.39 Å². The molecule has 0 amide bonds. The predicted octanol–water partition coefficient (Wildman–Crippen LogP) is 3.42. The van der Waals surface area contributed by atoms with Gasteiger partial charge in [0.1, 0.15) is 5.82 Å². The third-order valence-electron chi connectivity index (χ3n) is 2.80. The number of nitrogens with zero attached hydrogens (tertiary/aromatic N) is 2. The molecule has 20 heavy (non-hydrogen) atoms. The topological polar surface area (TPSA) is 39.1 Å². The molecule has 4 nitrogen and oxygen atoms in total. The summed E-state index contributed by atoms with van der Waals surface area (Å²) < 4.78 is 19.9. The molecule has 2 aromatic rings. The maximum atomic E-state index is 13.1.